The molecular formula is C28H25N7O2. The van der Waals surface area contributed by atoms with Crippen LogP contribution in [0.5, 0.6) is 0 Å². The first kappa shape index (κ1) is 22.7. The van der Waals surface area contributed by atoms with Gasteiger partial charge in [-0.05, 0) is 61.8 Å². The van der Waals surface area contributed by atoms with E-state index in [1.54, 1.807) is 43.6 Å². The van der Waals surface area contributed by atoms with Crippen molar-refractivity contribution in [3.8, 4) is 23.1 Å². The molecule has 2 aliphatic rings. The van der Waals surface area contributed by atoms with E-state index in [2.05, 4.69) is 27.1 Å². The Labute approximate surface area is 213 Å². The average Bonchev–Trinajstić information content (AvgIpc) is 3.38. The summed E-state index contributed by atoms with van der Waals surface area (Å²) in [5.74, 6) is 6.58. The van der Waals surface area contributed by atoms with Gasteiger partial charge in [-0.2, -0.15) is 0 Å². The summed E-state index contributed by atoms with van der Waals surface area (Å²) in [6.45, 7) is 2.36. The van der Waals surface area contributed by atoms with E-state index in [0.29, 0.717) is 35.0 Å². The highest BCUT2D eigenvalue weighted by Gasteiger charge is 2.54. The van der Waals surface area contributed by atoms with Crippen molar-refractivity contribution in [1.29, 1.82) is 0 Å². The molecule has 37 heavy (non-hydrogen) atoms. The van der Waals surface area contributed by atoms with Gasteiger partial charge < -0.3 is 16.0 Å². The Morgan fingerprint density at radius 1 is 1.11 bits per heavy atom. The summed E-state index contributed by atoms with van der Waals surface area (Å²) >= 11 is 0. The highest BCUT2D eigenvalue weighted by molar-refractivity contribution is 6.04. The normalized spacial score (nSPS) is 17.4. The van der Waals surface area contributed by atoms with Gasteiger partial charge in [0, 0.05) is 36.3 Å². The van der Waals surface area contributed by atoms with Crippen molar-refractivity contribution in [3.05, 3.63) is 72.4 Å². The van der Waals surface area contributed by atoms with Crippen LogP contribution < -0.4 is 11.1 Å². The number of carbonyl (C=O) groups is 2. The van der Waals surface area contributed by atoms with E-state index < -0.39 is 0 Å². The van der Waals surface area contributed by atoms with E-state index in [9.17, 15) is 9.59 Å². The van der Waals surface area contributed by atoms with Crippen LogP contribution in [0.25, 0.3) is 16.8 Å². The van der Waals surface area contributed by atoms with Gasteiger partial charge in [0.25, 0.3) is 11.8 Å². The monoisotopic (exact) mass is 491 g/mol. The molecule has 1 spiro atoms. The number of rotatable bonds is 4. The molecule has 3 aromatic heterocycles. The number of aromatic nitrogens is 4. The second kappa shape index (κ2) is 8.75. The zero-order valence-electron chi connectivity index (χ0n) is 20.3. The SMILES string of the molecule is CC#CC(=O)N1CC2(CC2)C[C@H]1c1nc(-c2ccc(C(=O)Nc3ccccn3)cc2)c2c(N)nccn12. The van der Waals surface area contributed by atoms with Crippen LogP contribution in [-0.4, -0.2) is 42.6 Å². The van der Waals surface area contributed by atoms with Gasteiger partial charge in [0.05, 0.1) is 6.04 Å². The number of hydrogen-bond donors (Lipinski definition) is 2. The van der Waals surface area contributed by atoms with Gasteiger partial charge in [-0.15, -0.1) is 0 Å². The fourth-order valence-electron chi connectivity index (χ4n) is 5.15. The Hall–Kier alpha value is -4.71. The van der Waals surface area contributed by atoms with Crippen molar-refractivity contribution < 1.29 is 9.59 Å². The molecule has 0 unspecified atom stereocenters. The molecule has 2 fully saturated rings. The minimum Gasteiger partial charge on any atom is -0.382 e. The first-order valence-corrected chi connectivity index (χ1v) is 12.2. The molecule has 4 aromatic rings. The molecule has 1 aliphatic heterocycles. The number of nitrogens with zero attached hydrogens (tertiary/aromatic N) is 5. The summed E-state index contributed by atoms with van der Waals surface area (Å²) in [5.41, 5.74) is 9.10. The maximum Gasteiger partial charge on any atom is 0.299 e. The van der Waals surface area contributed by atoms with Crippen LogP contribution in [0.2, 0.25) is 0 Å². The lowest BCUT2D eigenvalue weighted by Crippen LogP contribution is -2.31. The zero-order chi connectivity index (χ0) is 25.6. The molecule has 4 heterocycles. The van der Waals surface area contributed by atoms with Crippen molar-refractivity contribution >= 4 is 29.0 Å². The van der Waals surface area contributed by atoms with Crippen molar-refractivity contribution in [3.63, 3.8) is 0 Å². The lowest BCUT2D eigenvalue weighted by molar-refractivity contribution is -0.126. The number of hydrogen-bond acceptors (Lipinski definition) is 6. The second-order valence-corrected chi connectivity index (χ2v) is 9.62. The zero-order valence-corrected chi connectivity index (χ0v) is 20.3. The van der Waals surface area contributed by atoms with Crippen LogP contribution in [0, 0.1) is 17.3 Å². The van der Waals surface area contributed by atoms with Crippen LogP contribution in [0.15, 0.2) is 61.1 Å². The first-order chi connectivity index (χ1) is 18.0. The number of nitrogens with two attached hydrogens (primary N) is 1. The molecule has 0 radical (unpaired) electrons. The molecule has 1 saturated carbocycles. The molecule has 1 aliphatic carbocycles. The summed E-state index contributed by atoms with van der Waals surface area (Å²) in [5, 5.41) is 2.79. The molecule has 9 heteroatoms. The van der Waals surface area contributed by atoms with Gasteiger partial charge in [-0.3, -0.25) is 14.0 Å². The van der Waals surface area contributed by atoms with Crippen LogP contribution in [0.3, 0.4) is 0 Å². The van der Waals surface area contributed by atoms with Crippen molar-refractivity contribution in [2.24, 2.45) is 5.41 Å². The Morgan fingerprint density at radius 3 is 2.62 bits per heavy atom. The Morgan fingerprint density at radius 2 is 1.92 bits per heavy atom. The number of likely N-dealkylation sites (tertiary alicyclic amines) is 1. The topological polar surface area (TPSA) is 119 Å². The van der Waals surface area contributed by atoms with E-state index >= 15 is 0 Å². The van der Waals surface area contributed by atoms with E-state index in [1.807, 2.05) is 33.7 Å². The third kappa shape index (κ3) is 4.06. The molecule has 1 atom stereocenters. The number of pyridine rings is 1. The molecule has 1 aromatic carbocycles. The number of nitrogens with one attached hydrogen (secondary N) is 1. The molecule has 9 nitrogen and oxygen atoms in total. The summed E-state index contributed by atoms with van der Waals surface area (Å²) in [7, 11) is 0. The molecule has 6 rings (SSSR count). The van der Waals surface area contributed by atoms with Crippen LogP contribution in [-0.2, 0) is 4.79 Å². The van der Waals surface area contributed by atoms with Gasteiger partial charge in [-0.1, -0.05) is 24.1 Å². The molecule has 0 bridgehead atoms. The number of nitrogen functional groups attached to an aromatic ring is 1. The number of carbonyl (C=O) groups excluding carboxylic acids is 2. The quantitative estimate of drug-likeness (QED) is 0.420. The lowest BCUT2D eigenvalue weighted by Gasteiger charge is -2.21. The Kier molecular flexibility index (Phi) is 5.37. The number of anilines is 2. The molecule has 1 saturated heterocycles. The maximum absolute atomic E-state index is 12.9. The fraction of sp³-hybridized carbons (Fsp3) is 0.250. The average molecular weight is 492 g/mol. The molecule has 3 N–H and O–H groups in total. The predicted molar refractivity (Wildman–Crippen MR) is 139 cm³/mol. The highest BCUT2D eigenvalue weighted by Crippen LogP contribution is 2.58. The maximum atomic E-state index is 12.9. The fourth-order valence-corrected chi connectivity index (χ4v) is 5.15. The second-order valence-electron chi connectivity index (χ2n) is 9.62. The van der Waals surface area contributed by atoms with Gasteiger partial charge in [0.15, 0.2) is 0 Å². The number of benzene rings is 1. The van der Waals surface area contributed by atoms with Crippen LogP contribution in [0.4, 0.5) is 11.6 Å². The lowest BCUT2D eigenvalue weighted by atomic mass is 10.0. The highest BCUT2D eigenvalue weighted by atomic mass is 16.2. The van der Waals surface area contributed by atoms with Crippen LogP contribution in [0.1, 0.15) is 48.4 Å². The molecule has 2 amide bonds. The number of fused-ring (bicyclic) bond motifs is 1. The van der Waals surface area contributed by atoms with Crippen molar-refractivity contribution in [2.45, 2.75) is 32.2 Å². The predicted octanol–water partition coefficient (Wildman–Crippen LogP) is 3.70. The minimum absolute atomic E-state index is 0.156. The largest absolute Gasteiger partial charge is 0.382 e. The minimum atomic E-state index is -0.256. The number of imidazole rings is 1. The smallest absolute Gasteiger partial charge is 0.299 e. The number of amides is 2. The van der Waals surface area contributed by atoms with E-state index in [1.165, 1.54) is 0 Å². The Balaban J connectivity index is 1.37. The van der Waals surface area contributed by atoms with Gasteiger partial charge in [0.1, 0.15) is 28.7 Å². The summed E-state index contributed by atoms with van der Waals surface area (Å²) in [4.78, 5) is 40.9. The van der Waals surface area contributed by atoms with Gasteiger partial charge in [-0.25, -0.2) is 15.0 Å². The van der Waals surface area contributed by atoms with Crippen molar-refractivity contribution in [1.82, 2.24) is 24.3 Å². The third-order valence-corrected chi connectivity index (χ3v) is 7.19. The Bertz CT molecular complexity index is 1580. The first-order valence-electron chi connectivity index (χ1n) is 12.2. The summed E-state index contributed by atoms with van der Waals surface area (Å²) in [6.07, 6.45) is 8.15. The third-order valence-electron chi connectivity index (χ3n) is 7.19. The van der Waals surface area contributed by atoms with Gasteiger partial charge in [0.2, 0.25) is 0 Å². The standard InChI is InChI=1S/C28H25N7O2/c1-2-5-22(36)35-17-28(11-12-28)16-20(35)26-33-23(24-25(29)31-14-15-34(24)26)18-7-9-19(10-8-18)27(37)32-21-6-3-4-13-30-21/h3-4,6-10,13-15,20H,11-12,16-17H2,1H3,(H2,29,31)(H,30,32,37)/t20-/m0/s1. The van der Waals surface area contributed by atoms with E-state index in [-0.39, 0.29) is 23.3 Å². The van der Waals surface area contributed by atoms with Crippen molar-refractivity contribution in [2.75, 3.05) is 17.6 Å². The summed E-state index contributed by atoms with van der Waals surface area (Å²) < 4.78 is 1.94. The van der Waals surface area contributed by atoms with E-state index in [4.69, 9.17) is 10.7 Å². The van der Waals surface area contributed by atoms with Crippen LogP contribution >= 0.6 is 0 Å². The summed E-state index contributed by atoms with van der Waals surface area (Å²) in [6, 6.07) is 12.3. The van der Waals surface area contributed by atoms with E-state index in [0.717, 1.165) is 30.7 Å². The molecule has 184 valence electrons. The van der Waals surface area contributed by atoms with Gasteiger partial charge >= 0.3 is 0 Å². The molecular weight excluding hydrogens is 466 g/mol.